The number of aromatic nitrogens is 2. The largest absolute Gasteiger partial charge is 0.331 e. The van der Waals surface area contributed by atoms with Gasteiger partial charge in [-0.15, -0.1) is 0 Å². The van der Waals surface area contributed by atoms with Crippen LogP contribution in [0.1, 0.15) is 45.5 Å². The van der Waals surface area contributed by atoms with E-state index in [1.54, 1.807) is 6.20 Å². The van der Waals surface area contributed by atoms with Gasteiger partial charge in [0.25, 0.3) is 0 Å². The van der Waals surface area contributed by atoms with Crippen molar-refractivity contribution < 1.29 is 8.42 Å². The first kappa shape index (κ1) is 15.5. The zero-order valence-electron chi connectivity index (χ0n) is 12.3. The fraction of sp³-hybridized carbons (Fsp3) is 0.769. The third-order valence-corrected chi connectivity index (χ3v) is 5.39. The predicted octanol–water partition coefficient (Wildman–Crippen LogP) is 1.02. The molecular formula is C13H24N4O2S. The molecule has 1 atom stereocenters. The molecule has 0 saturated heterocycles. The number of hydrogen-bond acceptors (Lipinski definition) is 4. The zero-order valence-corrected chi connectivity index (χ0v) is 13.2. The van der Waals surface area contributed by atoms with Crippen molar-refractivity contribution in [3.8, 4) is 0 Å². The lowest BCUT2D eigenvalue weighted by atomic mass is 10.3. The minimum atomic E-state index is -3.09. The molecule has 0 spiro atoms. The summed E-state index contributed by atoms with van der Waals surface area (Å²) in [5.74, 6) is 0.969. The van der Waals surface area contributed by atoms with Crippen LogP contribution in [0.15, 0.2) is 12.4 Å². The monoisotopic (exact) mass is 300 g/mol. The van der Waals surface area contributed by atoms with E-state index >= 15 is 0 Å². The molecule has 1 aromatic rings. The Morgan fingerprint density at radius 1 is 1.40 bits per heavy atom. The molecule has 6 nitrogen and oxygen atoms in total. The second-order valence-corrected chi connectivity index (χ2v) is 7.76. The molecule has 1 fully saturated rings. The van der Waals surface area contributed by atoms with Gasteiger partial charge in [0.2, 0.25) is 10.0 Å². The van der Waals surface area contributed by atoms with Crippen molar-refractivity contribution in [2.24, 2.45) is 0 Å². The summed E-state index contributed by atoms with van der Waals surface area (Å²) in [7, 11) is -3.09. The Hall–Kier alpha value is -0.920. The summed E-state index contributed by atoms with van der Waals surface area (Å²) < 4.78 is 28.2. The van der Waals surface area contributed by atoms with Crippen LogP contribution in [0, 0.1) is 0 Å². The van der Waals surface area contributed by atoms with Crippen molar-refractivity contribution in [3.05, 3.63) is 18.2 Å². The maximum atomic E-state index is 11.7. The standard InChI is InChI=1S/C13H24N4O2S/c1-10(2)17-7-6-14-13(17)9-15-11(3)8-16-20(18,19)12-4-5-12/h6-7,10-12,15-16H,4-5,8-9H2,1-3H3/t11-/m0/s1. The molecule has 1 aliphatic rings. The molecule has 1 aliphatic carbocycles. The van der Waals surface area contributed by atoms with Gasteiger partial charge in [-0.1, -0.05) is 0 Å². The fourth-order valence-corrected chi connectivity index (χ4v) is 3.50. The normalized spacial score (nSPS) is 17.6. The van der Waals surface area contributed by atoms with Gasteiger partial charge in [0.05, 0.1) is 11.8 Å². The summed E-state index contributed by atoms with van der Waals surface area (Å²) in [6.07, 6.45) is 5.34. The van der Waals surface area contributed by atoms with Crippen LogP contribution in [0.3, 0.4) is 0 Å². The molecule has 7 heteroatoms. The average molecular weight is 300 g/mol. The highest BCUT2D eigenvalue weighted by Crippen LogP contribution is 2.27. The first-order valence-corrected chi connectivity index (χ1v) is 8.68. The Balaban J connectivity index is 1.77. The van der Waals surface area contributed by atoms with Gasteiger partial charge in [-0.25, -0.2) is 18.1 Å². The molecule has 0 radical (unpaired) electrons. The lowest BCUT2D eigenvalue weighted by molar-refractivity contribution is 0.490. The molecule has 0 bridgehead atoms. The summed E-state index contributed by atoms with van der Waals surface area (Å²) in [6.45, 7) is 7.24. The lowest BCUT2D eigenvalue weighted by Gasteiger charge is -2.16. The minimum absolute atomic E-state index is 0.0702. The average Bonchev–Trinajstić information content (AvgIpc) is 3.14. The molecule has 2 N–H and O–H groups in total. The molecule has 0 aromatic carbocycles. The number of nitrogens with one attached hydrogen (secondary N) is 2. The van der Waals surface area contributed by atoms with E-state index in [0.717, 1.165) is 18.7 Å². The number of hydrogen-bond donors (Lipinski definition) is 2. The van der Waals surface area contributed by atoms with Crippen LogP contribution in [-0.4, -0.2) is 35.8 Å². The number of nitrogens with zero attached hydrogens (tertiary/aromatic N) is 2. The highest BCUT2D eigenvalue weighted by atomic mass is 32.2. The van der Waals surface area contributed by atoms with Crippen molar-refractivity contribution >= 4 is 10.0 Å². The van der Waals surface area contributed by atoms with Crippen LogP contribution >= 0.6 is 0 Å². The molecule has 1 aromatic heterocycles. The topological polar surface area (TPSA) is 76.0 Å². The lowest BCUT2D eigenvalue weighted by Crippen LogP contribution is -2.40. The number of rotatable bonds is 8. The molecule has 2 rings (SSSR count). The van der Waals surface area contributed by atoms with Gasteiger partial charge in [-0.05, 0) is 33.6 Å². The summed E-state index contributed by atoms with van der Waals surface area (Å²) in [5.41, 5.74) is 0. The van der Waals surface area contributed by atoms with Crippen molar-refractivity contribution in [2.45, 2.75) is 57.5 Å². The van der Waals surface area contributed by atoms with Gasteiger partial charge in [-0.2, -0.15) is 0 Å². The SMILES string of the molecule is CC(C)n1ccnc1CN[C@@H](C)CNS(=O)(=O)C1CC1. The quantitative estimate of drug-likeness (QED) is 0.751. The summed E-state index contributed by atoms with van der Waals surface area (Å²) in [5, 5.41) is 3.14. The second kappa shape index (κ2) is 6.24. The Morgan fingerprint density at radius 2 is 2.10 bits per heavy atom. The third kappa shape index (κ3) is 4.04. The Kier molecular flexibility index (Phi) is 4.82. The van der Waals surface area contributed by atoms with Crippen LogP contribution in [0.2, 0.25) is 0 Å². The highest BCUT2D eigenvalue weighted by Gasteiger charge is 2.35. The Labute approximate surface area is 121 Å². The van der Waals surface area contributed by atoms with Gasteiger partial charge in [0, 0.05) is 31.0 Å². The van der Waals surface area contributed by atoms with Crippen LogP contribution < -0.4 is 10.0 Å². The molecule has 20 heavy (non-hydrogen) atoms. The Bertz CT molecular complexity index is 534. The summed E-state index contributed by atoms with van der Waals surface area (Å²) in [4.78, 5) is 4.32. The number of sulfonamides is 1. The van der Waals surface area contributed by atoms with E-state index in [9.17, 15) is 8.42 Å². The smallest absolute Gasteiger partial charge is 0.214 e. The predicted molar refractivity (Wildman–Crippen MR) is 78.9 cm³/mol. The maximum absolute atomic E-state index is 11.7. The van der Waals surface area contributed by atoms with Gasteiger partial charge in [-0.3, -0.25) is 0 Å². The van der Waals surface area contributed by atoms with E-state index in [2.05, 4.69) is 33.4 Å². The van der Waals surface area contributed by atoms with Crippen LogP contribution in [0.5, 0.6) is 0 Å². The Morgan fingerprint density at radius 3 is 2.70 bits per heavy atom. The molecule has 1 saturated carbocycles. The maximum Gasteiger partial charge on any atom is 0.214 e. The van der Waals surface area contributed by atoms with Crippen molar-refractivity contribution in [3.63, 3.8) is 0 Å². The van der Waals surface area contributed by atoms with E-state index in [1.165, 1.54) is 0 Å². The highest BCUT2D eigenvalue weighted by molar-refractivity contribution is 7.90. The van der Waals surface area contributed by atoms with Gasteiger partial charge < -0.3 is 9.88 Å². The van der Waals surface area contributed by atoms with Crippen LogP contribution in [0.25, 0.3) is 0 Å². The van der Waals surface area contributed by atoms with Gasteiger partial charge >= 0.3 is 0 Å². The van der Waals surface area contributed by atoms with Gasteiger partial charge in [0.1, 0.15) is 5.82 Å². The molecule has 0 unspecified atom stereocenters. The fourth-order valence-electron chi connectivity index (χ4n) is 2.03. The molecule has 1 heterocycles. The number of imidazole rings is 1. The molecule has 0 aliphatic heterocycles. The first-order chi connectivity index (χ1) is 9.40. The van der Waals surface area contributed by atoms with Crippen LogP contribution in [-0.2, 0) is 16.6 Å². The molecule has 114 valence electrons. The van der Waals surface area contributed by atoms with E-state index in [0.29, 0.717) is 19.1 Å². The van der Waals surface area contributed by atoms with E-state index < -0.39 is 10.0 Å². The summed E-state index contributed by atoms with van der Waals surface area (Å²) in [6, 6.07) is 0.443. The zero-order chi connectivity index (χ0) is 14.8. The summed E-state index contributed by atoms with van der Waals surface area (Å²) >= 11 is 0. The molecule has 0 amide bonds. The molecular weight excluding hydrogens is 276 g/mol. The first-order valence-electron chi connectivity index (χ1n) is 7.13. The van der Waals surface area contributed by atoms with Crippen molar-refractivity contribution in [2.75, 3.05) is 6.54 Å². The third-order valence-electron chi connectivity index (χ3n) is 3.47. The van der Waals surface area contributed by atoms with E-state index in [4.69, 9.17) is 0 Å². The second-order valence-electron chi connectivity index (χ2n) is 5.72. The minimum Gasteiger partial charge on any atom is -0.331 e. The van der Waals surface area contributed by atoms with E-state index in [-0.39, 0.29) is 11.3 Å². The van der Waals surface area contributed by atoms with Crippen molar-refractivity contribution in [1.29, 1.82) is 0 Å². The van der Waals surface area contributed by atoms with Gasteiger partial charge in [0.15, 0.2) is 0 Å². The van der Waals surface area contributed by atoms with Crippen LogP contribution in [0.4, 0.5) is 0 Å². The van der Waals surface area contributed by atoms with Crippen molar-refractivity contribution in [1.82, 2.24) is 19.6 Å². The van der Waals surface area contributed by atoms with E-state index in [1.807, 2.05) is 13.1 Å².